The Kier molecular flexibility index (Phi) is 5.14. The smallest absolute Gasteiger partial charge is 0.414 e. The second-order valence-electron chi connectivity index (χ2n) is 5.28. The predicted octanol–water partition coefficient (Wildman–Crippen LogP) is 3.89. The number of nitrogens with zero attached hydrogens (tertiary/aromatic N) is 1. The summed E-state index contributed by atoms with van der Waals surface area (Å²) in [5.74, 6) is 0.626. The molecule has 5 nitrogen and oxygen atoms in total. The highest BCUT2D eigenvalue weighted by Crippen LogP contribution is 2.27. The fourth-order valence-corrected chi connectivity index (χ4v) is 2.88. The van der Waals surface area contributed by atoms with Gasteiger partial charge >= 0.3 is 6.09 Å². The third kappa shape index (κ3) is 3.59. The van der Waals surface area contributed by atoms with E-state index in [1.165, 1.54) is 4.90 Å². The fourth-order valence-electron chi connectivity index (χ4n) is 2.38. The minimum absolute atomic E-state index is 0.192. The average molecular weight is 368 g/mol. The van der Waals surface area contributed by atoms with E-state index < -0.39 is 12.2 Å². The van der Waals surface area contributed by atoms with Crippen LogP contribution in [0, 0.1) is 0 Å². The first kappa shape index (κ1) is 16.9. The van der Waals surface area contributed by atoms with Gasteiger partial charge in [0.1, 0.15) is 18.5 Å². The highest BCUT2D eigenvalue weighted by Gasteiger charge is 2.31. The number of carbonyl (C=O) groups excluding carboxylic acids is 1. The molecule has 1 N–H and O–H groups in total. The number of hydrogen-bond acceptors (Lipinski definition) is 4. The summed E-state index contributed by atoms with van der Waals surface area (Å²) in [5.41, 5.74) is 1.40. The number of halogens is 2. The van der Waals surface area contributed by atoms with Gasteiger partial charge in [-0.05, 0) is 36.4 Å². The normalized spacial score (nSPS) is 17.0. The van der Waals surface area contributed by atoms with E-state index in [9.17, 15) is 4.79 Å². The molecular weight excluding hydrogens is 353 g/mol. The molecule has 2 aromatic carbocycles. The van der Waals surface area contributed by atoms with Crippen molar-refractivity contribution >= 4 is 35.0 Å². The Bertz CT molecular complexity index is 716. The Morgan fingerprint density at radius 1 is 1.17 bits per heavy atom. The van der Waals surface area contributed by atoms with Crippen molar-refractivity contribution in [3.05, 3.63) is 58.1 Å². The summed E-state index contributed by atoms with van der Waals surface area (Å²) in [5, 5.41) is 10.2. The fraction of sp³-hybridized carbons (Fsp3) is 0.235. The van der Waals surface area contributed by atoms with Crippen molar-refractivity contribution < 1.29 is 19.4 Å². The molecule has 1 saturated heterocycles. The van der Waals surface area contributed by atoms with Crippen LogP contribution in [0.15, 0.2) is 42.5 Å². The Hall–Kier alpha value is -1.95. The van der Waals surface area contributed by atoms with Crippen molar-refractivity contribution in [3.63, 3.8) is 0 Å². The number of hydrogen-bond donors (Lipinski definition) is 1. The molecule has 3 rings (SSSR count). The van der Waals surface area contributed by atoms with E-state index in [0.29, 0.717) is 28.0 Å². The minimum Gasteiger partial charge on any atom is -0.489 e. The summed E-state index contributed by atoms with van der Waals surface area (Å²) in [6, 6.07) is 12.3. The maximum atomic E-state index is 11.7. The number of anilines is 1. The van der Waals surface area contributed by atoms with Gasteiger partial charge in [-0.25, -0.2) is 4.79 Å². The molecule has 1 amide bonds. The first-order valence-electron chi connectivity index (χ1n) is 7.33. The van der Waals surface area contributed by atoms with Crippen LogP contribution in [0.25, 0.3) is 0 Å². The second kappa shape index (κ2) is 7.30. The van der Waals surface area contributed by atoms with E-state index in [1.54, 1.807) is 42.5 Å². The summed E-state index contributed by atoms with van der Waals surface area (Å²) in [7, 11) is 0. The molecule has 0 saturated carbocycles. The largest absolute Gasteiger partial charge is 0.489 e. The van der Waals surface area contributed by atoms with Crippen molar-refractivity contribution in [2.45, 2.75) is 12.7 Å². The standard InChI is InChI=1S/C17H15Cl2NO4/c18-15-2-1-3-16(19)14(15)10-23-12-6-4-11(5-7-12)20-8-13(9-21)24-17(20)22/h1-7,13,21H,8-10H2. The first-order valence-corrected chi connectivity index (χ1v) is 8.09. The zero-order chi connectivity index (χ0) is 17.1. The van der Waals surface area contributed by atoms with Crippen LogP contribution in [0.1, 0.15) is 5.56 Å². The van der Waals surface area contributed by atoms with Crippen LogP contribution in [0.4, 0.5) is 10.5 Å². The van der Waals surface area contributed by atoms with Crippen LogP contribution in [0.2, 0.25) is 10.0 Å². The third-order valence-electron chi connectivity index (χ3n) is 3.67. The SMILES string of the molecule is O=C1OC(CO)CN1c1ccc(OCc2c(Cl)cccc2Cl)cc1. The Morgan fingerprint density at radius 3 is 2.42 bits per heavy atom. The lowest BCUT2D eigenvalue weighted by Crippen LogP contribution is -2.25. The lowest BCUT2D eigenvalue weighted by molar-refractivity contribution is 0.0963. The van der Waals surface area contributed by atoms with Gasteiger partial charge in [0.2, 0.25) is 0 Å². The molecular formula is C17H15Cl2NO4. The monoisotopic (exact) mass is 367 g/mol. The molecule has 1 aliphatic rings. The van der Waals surface area contributed by atoms with Gasteiger partial charge in [-0.2, -0.15) is 0 Å². The molecule has 1 atom stereocenters. The van der Waals surface area contributed by atoms with Crippen LogP contribution in [-0.2, 0) is 11.3 Å². The molecule has 1 unspecified atom stereocenters. The first-order chi connectivity index (χ1) is 11.6. The summed E-state index contributed by atoms with van der Waals surface area (Å²) in [6.45, 7) is 0.378. The number of ether oxygens (including phenoxy) is 2. The Morgan fingerprint density at radius 2 is 1.83 bits per heavy atom. The zero-order valence-corrected chi connectivity index (χ0v) is 14.1. The molecule has 0 aliphatic carbocycles. The number of cyclic esters (lactones) is 1. The number of benzene rings is 2. The number of carbonyl (C=O) groups is 1. The van der Waals surface area contributed by atoms with Crippen molar-refractivity contribution in [3.8, 4) is 5.75 Å². The highest BCUT2D eigenvalue weighted by molar-refractivity contribution is 6.35. The predicted molar refractivity (Wildman–Crippen MR) is 91.9 cm³/mol. The number of aliphatic hydroxyl groups is 1. The maximum Gasteiger partial charge on any atom is 0.414 e. The average Bonchev–Trinajstić information content (AvgIpc) is 2.96. The minimum atomic E-state index is -0.490. The molecule has 126 valence electrons. The molecule has 1 heterocycles. The van der Waals surface area contributed by atoms with Gasteiger partial charge < -0.3 is 14.6 Å². The van der Waals surface area contributed by atoms with Gasteiger partial charge in [0, 0.05) is 21.3 Å². The van der Waals surface area contributed by atoms with Crippen molar-refractivity contribution in [1.82, 2.24) is 0 Å². The van der Waals surface area contributed by atoms with Crippen molar-refractivity contribution in [2.75, 3.05) is 18.1 Å². The van der Waals surface area contributed by atoms with Crippen LogP contribution >= 0.6 is 23.2 Å². The molecule has 2 aromatic rings. The van der Waals surface area contributed by atoms with Crippen LogP contribution < -0.4 is 9.64 Å². The molecule has 0 spiro atoms. The zero-order valence-electron chi connectivity index (χ0n) is 12.6. The second-order valence-corrected chi connectivity index (χ2v) is 6.10. The number of amides is 1. The number of rotatable bonds is 5. The summed E-state index contributed by atoms with van der Waals surface area (Å²) in [4.78, 5) is 13.2. The van der Waals surface area contributed by atoms with Crippen LogP contribution in [0.3, 0.4) is 0 Å². The van der Waals surface area contributed by atoms with Gasteiger partial charge in [0.15, 0.2) is 0 Å². The lowest BCUT2D eigenvalue weighted by atomic mass is 10.2. The molecule has 24 heavy (non-hydrogen) atoms. The number of aliphatic hydroxyl groups excluding tert-OH is 1. The molecule has 1 aliphatic heterocycles. The highest BCUT2D eigenvalue weighted by atomic mass is 35.5. The molecule has 7 heteroatoms. The molecule has 0 bridgehead atoms. The van der Waals surface area contributed by atoms with E-state index in [1.807, 2.05) is 0 Å². The van der Waals surface area contributed by atoms with Crippen molar-refractivity contribution in [2.24, 2.45) is 0 Å². The van der Waals surface area contributed by atoms with E-state index in [2.05, 4.69) is 0 Å². The van der Waals surface area contributed by atoms with Crippen LogP contribution in [-0.4, -0.2) is 30.5 Å². The molecule has 0 aromatic heterocycles. The molecule has 1 fully saturated rings. The quantitative estimate of drug-likeness (QED) is 0.870. The Labute approximate surface area is 149 Å². The molecule has 0 radical (unpaired) electrons. The Balaban J connectivity index is 1.66. The van der Waals surface area contributed by atoms with Gasteiger partial charge in [-0.3, -0.25) is 4.90 Å². The van der Waals surface area contributed by atoms with Gasteiger partial charge in [0.05, 0.1) is 13.2 Å². The summed E-state index contributed by atoms with van der Waals surface area (Å²) in [6.07, 6.45) is -0.957. The topological polar surface area (TPSA) is 59.0 Å². The lowest BCUT2D eigenvalue weighted by Gasteiger charge is -2.14. The van der Waals surface area contributed by atoms with Gasteiger partial charge in [-0.15, -0.1) is 0 Å². The van der Waals surface area contributed by atoms with Gasteiger partial charge in [-0.1, -0.05) is 29.3 Å². The third-order valence-corrected chi connectivity index (χ3v) is 4.38. The van der Waals surface area contributed by atoms with E-state index in [-0.39, 0.29) is 13.2 Å². The van der Waals surface area contributed by atoms with E-state index in [4.69, 9.17) is 37.8 Å². The van der Waals surface area contributed by atoms with E-state index >= 15 is 0 Å². The van der Waals surface area contributed by atoms with Crippen molar-refractivity contribution in [1.29, 1.82) is 0 Å². The van der Waals surface area contributed by atoms with E-state index in [0.717, 1.165) is 5.56 Å². The summed E-state index contributed by atoms with van der Waals surface area (Å²) < 4.78 is 10.7. The van der Waals surface area contributed by atoms with Crippen LogP contribution in [0.5, 0.6) is 5.75 Å². The van der Waals surface area contributed by atoms with Gasteiger partial charge in [0.25, 0.3) is 0 Å². The maximum absolute atomic E-state index is 11.7. The summed E-state index contributed by atoms with van der Waals surface area (Å²) >= 11 is 12.2.